The quantitative estimate of drug-likeness (QED) is 0.882. The summed E-state index contributed by atoms with van der Waals surface area (Å²) in [5.41, 5.74) is 4.04. The van der Waals surface area contributed by atoms with E-state index in [0.29, 0.717) is 12.0 Å². The molecule has 2 N–H and O–H groups in total. The summed E-state index contributed by atoms with van der Waals surface area (Å²) in [5, 5.41) is 2.04. The van der Waals surface area contributed by atoms with Gasteiger partial charge < -0.3 is 4.74 Å². The van der Waals surface area contributed by atoms with Gasteiger partial charge in [-0.25, -0.2) is 5.01 Å². The number of fused-ring (bicyclic) bond motifs is 1. The van der Waals surface area contributed by atoms with E-state index in [0.717, 1.165) is 31.7 Å². The maximum Gasteiger partial charge on any atom is 0.125 e. The van der Waals surface area contributed by atoms with Gasteiger partial charge in [0.15, 0.2) is 0 Å². The van der Waals surface area contributed by atoms with Gasteiger partial charge in [-0.15, -0.1) is 0 Å². The molecular weight excluding hydrogens is 284 g/mol. The van der Waals surface area contributed by atoms with E-state index >= 15 is 0 Å². The number of ether oxygens (including phenoxy) is 1. The topological polar surface area (TPSA) is 38.5 Å². The smallest absolute Gasteiger partial charge is 0.125 e. The van der Waals surface area contributed by atoms with Gasteiger partial charge in [0.2, 0.25) is 0 Å². The van der Waals surface area contributed by atoms with Gasteiger partial charge in [-0.3, -0.25) is 5.84 Å². The third-order valence-corrected chi connectivity index (χ3v) is 5.21. The van der Waals surface area contributed by atoms with Crippen molar-refractivity contribution >= 4 is 0 Å². The highest BCUT2D eigenvalue weighted by atomic mass is 16.5. The largest absolute Gasteiger partial charge is 0.493 e. The van der Waals surface area contributed by atoms with Crippen molar-refractivity contribution in [1.82, 2.24) is 5.01 Å². The van der Waals surface area contributed by atoms with Gasteiger partial charge in [0, 0.05) is 13.0 Å². The van der Waals surface area contributed by atoms with Gasteiger partial charge in [0.05, 0.1) is 12.6 Å². The Labute approximate surface area is 138 Å². The molecule has 1 fully saturated rings. The summed E-state index contributed by atoms with van der Waals surface area (Å²) in [6.45, 7) is 1.79. The normalized spacial score (nSPS) is 24.2. The van der Waals surface area contributed by atoms with Crippen molar-refractivity contribution in [2.75, 3.05) is 13.2 Å². The van der Waals surface area contributed by atoms with E-state index in [1.165, 1.54) is 29.5 Å². The molecule has 2 atom stereocenters. The lowest BCUT2D eigenvalue weighted by Gasteiger charge is -2.39. The molecule has 0 aromatic heterocycles. The molecule has 0 aliphatic carbocycles. The van der Waals surface area contributed by atoms with Crippen LogP contribution in [0.2, 0.25) is 0 Å². The van der Waals surface area contributed by atoms with Crippen molar-refractivity contribution in [3.63, 3.8) is 0 Å². The zero-order chi connectivity index (χ0) is 15.6. The Balaban J connectivity index is 1.63. The first-order chi connectivity index (χ1) is 11.3. The number of benzene rings is 2. The van der Waals surface area contributed by atoms with Crippen LogP contribution < -0.4 is 10.6 Å². The monoisotopic (exact) mass is 308 g/mol. The summed E-state index contributed by atoms with van der Waals surface area (Å²) in [7, 11) is 0. The summed E-state index contributed by atoms with van der Waals surface area (Å²) in [5.74, 6) is 8.04. The molecule has 2 aromatic rings. The van der Waals surface area contributed by atoms with Crippen LogP contribution >= 0.6 is 0 Å². The van der Waals surface area contributed by atoms with E-state index in [1.54, 1.807) is 0 Å². The predicted octanol–water partition coefficient (Wildman–Crippen LogP) is 3.49. The predicted molar refractivity (Wildman–Crippen MR) is 92.1 cm³/mol. The number of hydrogen-bond donors (Lipinski definition) is 1. The number of piperidine rings is 1. The first kappa shape index (κ1) is 14.7. The van der Waals surface area contributed by atoms with Crippen LogP contribution in [0.1, 0.15) is 35.6 Å². The molecule has 23 heavy (non-hydrogen) atoms. The molecule has 2 aromatic carbocycles. The molecule has 0 spiro atoms. The summed E-state index contributed by atoms with van der Waals surface area (Å²) >= 11 is 0. The van der Waals surface area contributed by atoms with Crippen molar-refractivity contribution in [2.45, 2.75) is 31.7 Å². The van der Waals surface area contributed by atoms with Crippen LogP contribution in [0, 0.1) is 5.92 Å². The maximum absolute atomic E-state index is 6.37. The fraction of sp³-hybridized carbons (Fsp3) is 0.400. The average Bonchev–Trinajstić information content (AvgIpc) is 3.06. The summed E-state index contributed by atoms with van der Waals surface area (Å²) < 4.78 is 5.89. The van der Waals surface area contributed by atoms with Gasteiger partial charge >= 0.3 is 0 Å². The van der Waals surface area contributed by atoms with Crippen LogP contribution in [0.15, 0.2) is 48.5 Å². The molecule has 3 nitrogen and oxygen atoms in total. The summed E-state index contributed by atoms with van der Waals surface area (Å²) in [6.07, 6.45) is 4.46. The molecule has 1 saturated heterocycles. The molecule has 0 amide bonds. The minimum absolute atomic E-state index is 0.294. The van der Waals surface area contributed by atoms with E-state index in [1.807, 2.05) is 5.01 Å². The molecule has 2 heterocycles. The van der Waals surface area contributed by atoms with Gasteiger partial charge in [-0.1, -0.05) is 48.5 Å². The van der Waals surface area contributed by atoms with Crippen LogP contribution in [-0.2, 0) is 12.8 Å². The Morgan fingerprint density at radius 2 is 1.96 bits per heavy atom. The Morgan fingerprint density at radius 1 is 1.09 bits per heavy atom. The minimum Gasteiger partial charge on any atom is -0.493 e. The lowest BCUT2D eigenvalue weighted by Crippen LogP contribution is -2.44. The average molecular weight is 308 g/mol. The van der Waals surface area contributed by atoms with Crippen molar-refractivity contribution in [3.8, 4) is 5.75 Å². The van der Waals surface area contributed by atoms with E-state index < -0.39 is 0 Å². The number of hydrazine groups is 1. The standard InChI is InChI=1S/C20H24N2O/c21-22-12-5-10-17(19(22)15-6-2-1-3-7-15)14-18-9-4-8-16-11-13-23-20(16)18/h1-4,6-9,17,19H,5,10-14,21H2/t17-,19+/m0/s1. The highest BCUT2D eigenvalue weighted by Gasteiger charge is 2.32. The first-order valence-electron chi connectivity index (χ1n) is 8.63. The number of nitrogens with zero attached hydrogens (tertiary/aromatic N) is 1. The zero-order valence-corrected chi connectivity index (χ0v) is 13.4. The SMILES string of the molecule is NN1CCC[C@@H](Cc2cccc3c2OCC3)[C@H]1c1ccccc1. The Morgan fingerprint density at radius 3 is 2.83 bits per heavy atom. The molecule has 2 aliphatic rings. The Bertz CT molecular complexity index is 671. The molecule has 120 valence electrons. The molecule has 2 aliphatic heterocycles. The van der Waals surface area contributed by atoms with Crippen LogP contribution in [-0.4, -0.2) is 18.2 Å². The second kappa shape index (κ2) is 6.34. The van der Waals surface area contributed by atoms with E-state index in [-0.39, 0.29) is 0 Å². The van der Waals surface area contributed by atoms with Crippen molar-refractivity contribution in [2.24, 2.45) is 11.8 Å². The highest BCUT2D eigenvalue weighted by molar-refractivity contribution is 5.44. The summed E-state index contributed by atoms with van der Waals surface area (Å²) in [6, 6.07) is 17.6. The number of hydrogen-bond acceptors (Lipinski definition) is 3. The molecule has 0 saturated carbocycles. The molecule has 0 radical (unpaired) electrons. The van der Waals surface area contributed by atoms with Crippen molar-refractivity contribution < 1.29 is 4.74 Å². The Hall–Kier alpha value is -1.84. The van der Waals surface area contributed by atoms with Crippen molar-refractivity contribution in [1.29, 1.82) is 0 Å². The summed E-state index contributed by atoms with van der Waals surface area (Å²) in [4.78, 5) is 0. The second-order valence-corrected chi connectivity index (χ2v) is 6.70. The van der Waals surface area contributed by atoms with Crippen LogP contribution in [0.3, 0.4) is 0 Å². The molecule has 3 heteroatoms. The highest BCUT2D eigenvalue weighted by Crippen LogP contribution is 2.39. The second-order valence-electron chi connectivity index (χ2n) is 6.70. The van der Waals surface area contributed by atoms with Crippen molar-refractivity contribution in [3.05, 3.63) is 65.2 Å². The van der Waals surface area contributed by atoms with Gasteiger partial charge in [0.25, 0.3) is 0 Å². The van der Waals surface area contributed by atoms with Crippen LogP contribution in [0.5, 0.6) is 5.75 Å². The molecular formula is C20H24N2O. The van der Waals surface area contributed by atoms with Crippen LogP contribution in [0.25, 0.3) is 0 Å². The number of nitrogens with two attached hydrogens (primary N) is 1. The fourth-order valence-corrected chi connectivity index (χ4v) is 4.16. The molecule has 0 bridgehead atoms. The van der Waals surface area contributed by atoms with Crippen LogP contribution in [0.4, 0.5) is 0 Å². The molecule has 0 unspecified atom stereocenters. The van der Waals surface area contributed by atoms with Gasteiger partial charge in [0.1, 0.15) is 5.75 Å². The fourth-order valence-electron chi connectivity index (χ4n) is 4.16. The Kier molecular flexibility index (Phi) is 4.06. The van der Waals surface area contributed by atoms with E-state index in [2.05, 4.69) is 48.5 Å². The lowest BCUT2D eigenvalue weighted by molar-refractivity contribution is 0.0922. The number of para-hydroxylation sites is 1. The van der Waals surface area contributed by atoms with E-state index in [4.69, 9.17) is 10.6 Å². The first-order valence-corrected chi connectivity index (χ1v) is 8.63. The van der Waals surface area contributed by atoms with E-state index in [9.17, 15) is 0 Å². The zero-order valence-electron chi connectivity index (χ0n) is 13.4. The third-order valence-electron chi connectivity index (χ3n) is 5.21. The molecule has 4 rings (SSSR count). The van der Waals surface area contributed by atoms with Gasteiger partial charge in [-0.05, 0) is 41.9 Å². The van der Waals surface area contributed by atoms with Gasteiger partial charge in [-0.2, -0.15) is 0 Å². The third kappa shape index (κ3) is 2.87. The number of rotatable bonds is 3. The minimum atomic E-state index is 0.294. The lowest BCUT2D eigenvalue weighted by atomic mass is 9.81. The maximum atomic E-state index is 6.37.